The van der Waals surface area contributed by atoms with E-state index < -0.39 is 10.0 Å². The van der Waals surface area contributed by atoms with E-state index in [1.165, 1.54) is 0 Å². The summed E-state index contributed by atoms with van der Waals surface area (Å²) < 4.78 is 27.3. The van der Waals surface area contributed by atoms with Crippen LogP contribution in [0.15, 0.2) is 58.8 Å². The molecule has 118 valence electrons. The molecular formula is C17H16N2O2S2. The summed E-state index contributed by atoms with van der Waals surface area (Å²) in [4.78, 5) is 4.67. The fraction of sp³-hybridized carbons (Fsp3) is 0.118. The summed E-state index contributed by atoms with van der Waals surface area (Å²) in [6, 6.07) is 14.0. The van der Waals surface area contributed by atoms with Crippen molar-refractivity contribution in [2.75, 3.05) is 4.72 Å². The predicted octanol–water partition coefficient (Wildman–Crippen LogP) is 4.23. The van der Waals surface area contributed by atoms with Crippen molar-refractivity contribution in [2.24, 2.45) is 0 Å². The van der Waals surface area contributed by atoms with Gasteiger partial charge in [0.2, 0.25) is 0 Å². The largest absolute Gasteiger partial charge is 0.280 e. The number of benzene rings is 2. The quantitative estimate of drug-likeness (QED) is 0.770. The molecule has 6 heteroatoms. The van der Waals surface area contributed by atoms with Gasteiger partial charge in [0.25, 0.3) is 10.0 Å². The minimum absolute atomic E-state index is 0.252. The van der Waals surface area contributed by atoms with Gasteiger partial charge in [-0.2, -0.15) is 0 Å². The van der Waals surface area contributed by atoms with Gasteiger partial charge in [0, 0.05) is 16.6 Å². The molecule has 4 nitrogen and oxygen atoms in total. The average Bonchev–Trinajstić information content (AvgIpc) is 2.95. The van der Waals surface area contributed by atoms with Crippen LogP contribution in [-0.4, -0.2) is 13.4 Å². The topological polar surface area (TPSA) is 59.1 Å². The van der Waals surface area contributed by atoms with Crippen LogP contribution in [0.4, 0.5) is 5.69 Å². The summed E-state index contributed by atoms with van der Waals surface area (Å²) in [5.41, 5.74) is 3.42. The third-order valence-electron chi connectivity index (χ3n) is 3.38. The molecule has 0 radical (unpaired) electrons. The molecule has 0 bridgehead atoms. The SMILES string of the molecule is Cc1ccc(S(=O)(=O)Nc2ccc(-c3csc(C)n3)cc2)cc1. The fourth-order valence-electron chi connectivity index (χ4n) is 2.14. The molecule has 0 fully saturated rings. The van der Waals surface area contributed by atoms with E-state index in [0.717, 1.165) is 21.8 Å². The molecule has 0 saturated carbocycles. The number of rotatable bonds is 4. The van der Waals surface area contributed by atoms with E-state index in [4.69, 9.17) is 0 Å². The second kappa shape index (κ2) is 6.14. The summed E-state index contributed by atoms with van der Waals surface area (Å²) in [5.74, 6) is 0. The Morgan fingerprint density at radius 3 is 2.17 bits per heavy atom. The Labute approximate surface area is 139 Å². The standard InChI is InChI=1S/C17H16N2O2S2/c1-12-3-9-16(10-4-12)23(20,21)19-15-7-5-14(6-8-15)17-11-22-13(2)18-17/h3-11,19H,1-2H3. The predicted molar refractivity (Wildman–Crippen MR) is 94.3 cm³/mol. The highest BCUT2D eigenvalue weighted by Gasteiger charge is 2.13. The van der Waals surface area contributed by atoms with E-state index in [0.29, 0.717) is 5.69 Å². The van der Waals surface area contributed by atoms with Gasteiger partial charge >= 0.3 is 0 Å². The molecule has 0 unspecified atom stereocenters. The maximum absolute atomic E-state index is 12.3. The molecule has 3 rings (SSSR count). The van der Waals surface area contributed by atoms with Crippen LogP contribution in [0.3, 0.4) is 0 Å². The van der Waals surface area contributed by atoms with Gasteiger partial charge in [0.05, 0.1) is 15.6 Å². The molecule has 1 aromatic heterocycles. The lowest BCUT2D eigenvalue weighted by molar-refractivity contribution is 0.601. The van der Waals surface area contributed by atoms with Gasteiger partial charge in [0.15, 0.2) is 0 Å². The van der Waals surface area contributed by atoms with Crippen molar-refractivity contribution in [3.8, 4) is 11.3 Å². The number of thiazole rings is 1. The highest BCUT2D eigenvalue weighted by Crippen LogP contribution is 2.24. The lowest BCUT2D eigenvalue weighted by atomic mass is 10.1. The normalized spacial score (nSPS) is 11.4. The van der Waals surface area contributed by atoms with Crippen LogP contribution in [0.1, 0.15) is 10.6 Å². The van der Waals surface area contributed by atoms with Crippen LogP contribution in [-0.2, 0) is 10.0 Å². The lowest BCUT2D eigenvalue weighted by Crippen LogP contribution is -2.12. The number of aryl methyl sites for hydroxylation is 2. The number of nitrogens with zero attached hydrogens (tertiary/aromatic N) is 1. The van der Waals surface area contributed by atoms with Gasteiger partial charge in [-0.3, -0.25) is 4.72 Å². The van der Waals surface area contributed by atoms with E-state index >= 15 is 0 Å². The first-order valence-electron chi connectivity index (χ1n) is 7.06. The van der Waals surface area contributed by atoms with E-state index in [2.05, 4.69) is 9.71 Å². The third kappa shape index (κ3) is 3.60. The second-order valence-electron chi connectivity index (χ2n) is 5.25. The highest BCUT2D eigenvalue weighted by molar-refractivity contribution is 7.92. The molecule has 0 aliphatic heterocycles. The van der Waals surface area contributed by atoms with Crippen LogP contribution in [0, 0.1) is 13.8 Å². The number of nitrogens with one attached hydrogen (secondary N) is 1. The van der Waals surface area contributed by atoms with Crippen molar-refractivity contribution in [3.05, 3.63) is 64.5 Å². The molecule has 1 N–H and O–H groups in total. The smallest absolute Gasteiger partial charge is 0.261 e. The Kier molecular flexibility index (Phi) is 4.19. The van der Waals surface area contributed by atoms with Crippen molar-refractivity contribution in [3.63, 3.8) is 0 Å². The van der Waals surface area contributed by atoms with E-state index in [-0.39, 0.29) is 4.90 Å². The van der Waals surface area contributed by atoms with Crippen molar-refractivity contribution in [2.45, 2.75) is 18.7 Å². The van der Waals surface area contributed by atoms with Gasteiger partial charge in [-0.15, -0.1) is 11.3 Å². The Bertz CT molecular complexity index is 912. The zero-order valence-corrected chi connectivity index (χ0v) is 14.4. The lowest BCUT2D eigenvalue weighted by Gasteiger charge is -2.09. The van der Waals surface area contributed by atoms with E-state index in [1.807, 2.05) is 31.4 Å². The molecule has 0 aliphatic rings. The number of aromatic nitrogens is 1. The Hall–Kier alpha value is -2.18. The van der Waals surface area contributed by atoms with Gasteiger partial charge < -0.3 is 0 Å². The van der Waals surface area contributed by atoms with Crippen LogP contribution in [0.5, 0.6) is 0 Å². The van der Waals surface area contributed by atoms with Gasteiger partial charge in [-0.1, -0.05) is 29.8 Å². The molecule has 2 aromatic carbocycles. The van der Waals surface area contributed by atoms with Gasteiger partial charge in [-0.25, -0.2) is 13.4 Å². The molecule has 3 aromatic rings. The van der Waals surface area contributed by atoms with Crippen molar-refractivity contribution in [1.29, 1.82) is 0 Å². The number of hydrogen-bond donors (Lipinski definition) is 1. The number of hydrogen-bond acceptors (Lipinski definition) is 4. The summed E-state index contributed by atoms with van der Waals surface area (Å²) in [7, 11) is -3.57. The van der Waals surface area contributed by atoms with E-state index in [1.54, 1.807) is 47.7 Å². The molecule has 0 amide bonds. The van der Waals surface area contributed by atoms with Crippen LogP contribution in [0.25, 0.3) is 11.3 Å². The second-order valence-corrected chi connectivity index (χ2v) is 7.99. The minimum atomic E-state index is -3.57. The van der Waals surface area contributed by atoms with Crippen molar-refractivity contribution >= 4 is 27.0 Å². The molecule has 23 heavy (non-hydrogen) atoms. The molecule has 0 saturated heterocycles. The first-order valence-corrected chi connectivity index (χ1v) is 9.42. The molecule has 1 heterocycles. The highest BCUT2D eigenvalue weighted by atomic mass is 32.2. The molecule has 0 aliphatic carbocycles. The zero-order valence-electron chi connectivity index (χ0n) is 12.8. The fourth-order valence-corrected chi connectivity index (χ4v) is 3.82. The Morgan fingerprint density at radius 2 is 1.61 bits per heavy atom. The van der Waals surface area contributed by atoms with Crippen LogP contribution >= 0.6 is 11.3 Å². The maximum atomic E-state index is 12.3. The molecule has 0 spiro atoms. The molecule has 0 atom stereocenters. The summed E-state index contributed by atoms with van der Waals surface area (Å²) in [6.07, 6.45) is 0. The number of anilines is 1. The van der Waals surface area contributed by atoms with E-state index in [9.17, 15) is 8.42 Å². The minimum Gasteiger partial charge on any atom is -0.280 e. The van der Waals surface area contributed by atoms with Gasteiger partial charge in [-0.05, 0) is 38.1 Å². The van der Waals surface area contributed by atoms with Crippen LogP contribution < -0.4 is 4.72 Å². The summed E-state index contributed by atoms with van der Waals surface area (Å²) >= 11 is 1.59. The Morgan fingerprint density at radius 1 is 0.957 bits per heavy atom. The number of sulfonamides is 1. The monoisotopic (exact) mass is 344 g/mol. The average molecular weight is 344 g/mol. The van der Waals surface area contributed by atoms with Crippen molar-refractivity contribution in [1.82, 2.24) is 4.98 Å². The van der Waals surface area contributed by atoms with Gasteiger partial charge in [0.1, 0.15) is 0 Å². The summed E-state index contributed by atoms with van der Waals surface area (Å²) in [5, 5.41) is 2.99. The Balaban J connectivity index is 1.81. The third-order valence-corrected chi connectivity index (χ3v) is 5.55. The first kappa shape index (κ1) is 15.7. The zero-order chi connectivity index (χ0) is 16.4. The van der Waals surface area contributed by atoms with Crippen molar-refractivity contribution < 1.29 is 8.42 Å². The maximum Gasteiger partial charge on any atom is 0.261 e. The summed E-state index contributed by atoms with van der Waals surface area (Å²) in [6.45, 7) is 3.88. The van der Waals surface area contributed by atoms with Crippen LogP contribution in [0.2, 0.25) is 0 Å². The first-order chi connectivity index (χ1) is 10.9. The molecular weight excluding hydrogens is 328 g/mol.